The number of fused-ring (bicyclic) bond motifs is 2. The average molecular weight is 887 g/mol. The fourth-order valence-corrected chi connectivity index (χ4v) is 8.78. The van der Waals surface area contributed by atoms with Gasteiger partial charge < -0.3 is 35.0 Å². The summed E-state index contributed by atoms with van der Waals surface area (Å²) in [5.41, 5.74) is 2.94. The van der Waals surface area contributed by atoms with Crippen LogP contribution >= 0.6 is 11.6 Å². The lowest BCUT2D eigenvalue weighted by Crippen LogP contribution is -2.47. The SMILES string of the molecule is CC(C)(C)OC(=O)N1CCC[C@@H](Nc2nnc(-c3ccc(C(F)(F)F)cc3O)c3c2CCCCC3)C1.CC(C)(C)OC(=O)N1CCC[C@@H](Nc2nnc(Cl)c3c2CCCCC3)C1. The van der Waals surface area contributed by atoms with E-state index in [0.29, 0.717) is 42.7 Å². The molecule has 0 saturated carbocycles. The summed E-state index contributed by atoms with van der Waals surface area (Å²) < 4.78 is 50.3. The number of aromatic nitrogens is 4. The normalized spacial score (nSPS) is 19.7. The number of hydrogen-bond acceptors (Lipinski definition) is 11. The molecule has 2 aromatic heterocycles. The van der Waals surface area contributed by atoms with E-state index in [9.17, 15) is 27.9 Å². The molecule has 62 heavy (non-hydrogen) atoms. The summed E-state index contributed by atoms with van der Waals surface area (Å²) in [5.74, 6) is 1.01. The minimum atomic E-state index is -4.54. The van der Waals surface area contributed by atoms with Crippen LogP contribution in [0.25, 0.3) is 11.3 Å². The van der Waals surface area contributed by atoms with Crippen molar-refractivity contribution >= 4 is 35.4 Å². The molecule has 2 amide bonds. The van der Waals surface area contributed by atoms with Gasteiger partial charge in [-0.1, -0.05) is 24.4 Å². The van der Waals surface area contributed by atoms with E-state index in [2.05, 4.69) is 31.0 Å². The van der Waals surface area contributed by atoms with Gasteiger partial charge in [-0.05, 0) is 148 Å². The molecule has 2 fully saturated rings. The summed E-state index contributed by atoms with van der Waals surface area (Å²) in [6, 6.07) is 3.08. The van der Waals surface area contributed by atoms with Crippen molar-refractivity contribution in [3.63, 3.8) is 0 Å². The van der Waals surface area contributed by atoms with Crippen LogP contribution in [0.2, 0.25) is 5.15 Å². The molecule has 13 nitrogen and oxygen atoms in total. The predicted molar refractivity (Wildman–Crippen MR) is 233 cm³/mol. The number of anilines is 2. The van der Waals surface area contributed by atoms with Crippen LogP contribution in [-0.4, -0.2) is 97.0 Å². The molecule has 4 aliphatic rings. The third kappa shape index (κ3) is 12.5. The average Bonchev–Trinajstić information content (AvgIpc) is 3.61. The molecule has 17 heteroatoms. The molecule has 2 aliphatic heterocycles. The Bertz CT molecular complexity index is 2060. The van der Waals surface area contributed by atoms with Gasteiger partial charge in [0, 0.05) is 55.0 Å². The summed E-state index contributed by atoms with van der Waals surface area (Å²) >= 11 is 6.28. The number of benzene rings is 1. The Morgan fingerprint density at radius 3 is 1.63 bits per heavy atom. The number of piperidine rings is 2. The minimum Gasteiger partial charge on any atom is -0.507 e. The highest BCUT2D eigenvalue weighted by atomic mass is 35.5. The van der Waals surface area contributed by atoms with E-state index in [1.165, 1.54) is 18.1 Å². The number of hydrogen-bond donors (Lipinski definition) is 3. The number of phenolic OH excluding ortho intramolecular Hbond substituents is 1. The zero-order chi connectivity index (χ0) is 44.8. The van der Waals surface area contributed by atoms with Crippen molar-refractivity contribution in [2.45, 2.75) is 161 Å². The van der Waals surface area contributed by atoms with Gasteiger partial charge in [-0.2, -0.15) is 13.2 Å². The highest BCUT2D eigenvalue weighted by Crippen LogP contribution is 2.40. The highest BCUT2D eigenvalue weighted by Gasteiger charge is 2.33. The van der Waals surface area contributed by atoms with E-state index in [-0.39, 0.29) is 29.8 Å². The Morgan fingerprint density at radius 2 is 1.15 bits per heavy atom. The van der Waals surface area contributed by atoms with E-state index in [4.69, 9.17) is 21.1 Å². The Balaban J connectivity index is 0.000000218. The van der Waals surface area contributed by atoms with Crippen LogP contribution < -0.4 is 10.6 Å². The molecule has 4 heterocycles. The van der Waals surface area contributed by atoms with Crippen LogP contribution in [0.3, 0.4) is 0 Å². The van der Waals surface area contributed by atoms with E-state index in [1.54, 1.807) is 9.80 Å². The first-order chi connectivity index (χ1) is 29.3. The highest BCUT2D eigenvalue weighted by molar-refractivity contribution is 6.30. The summed E-state index contributed by atoms with van der Waals surface area (Å²) in [4.78, 5) is 28.4. The summed E-state index contributed by atoms with van der Waals surface area (Å²) in [6.07, 6.45) is 8.30. The van der Waals surface area contributed by atoms with Gasteiger partial charge in [0.2, 0.25) is 0 Å². The molecule has 0 bridgehead atoms. The molecule has 7 rings (SSSR count). The molecule has 0 spiro atoms. The van der Waals surface area contributed by atoms with Gasteiger partial charge in [0.25, 0.3) is 0 Å². The van der Waals surface area contributed by atoms with Crippen molar-refractivity contribution in [1.29, 1.82) is 0 Å². The number of nitrogens with zero attached hydrogens (tertiary/aromatic N) is 6. The molecule has 2 saturated heterocycles. The molecule has 3 aromatic rings. The lowest BCUT2D eigenvalue weighted by molar-refractivity contribution is -0.137. The number of rotatable bonds is 5. The van der Waals surface area contributed by atoms with Crippen LogP contribution in [0, 0.1) is 0 Å². The maximum absolute atomic E-state index is 13.1. The summed E-state index contributed by atoms with van der Waals surface area (Å²) in [6.45, 7) is 13.7. The molecule has 0 radical (unpaired) electrons. The third-order valence-corrected chi connectivity index (χ3v) is 11.7. The number of phenols is 1. The number of amides is 2. The zero-order valence-electron chi connectivity index (χ0n) is 36.9. The van der Waals surface area contributed by atoms with Gasteiger partial charge in [-0.15, -0.1) is 20.4 Å². The quantitative estimate of drug-likeness (QED) is 0.210. The van der Waals surface area contributed by atoms with E-state index < -0.39 is 28.7 Å². The van der Waals surface area contributed by atoms with Gasteiger partial charge in [0.05, 0.1) is 5.56 Å². The Morgan fingerprint density at radius 1 is 0.677 bits per heavy atom. The largest absolute Gasteiger partial charge is 0.507 e. The monoisotopic (exact) mass is 886 g/mol. The van der Waals surface area contributed by atoms with E-state index in [1.807, 2.05) is 41.5 Å². The minimum absolute atomic E-state index is 0.0294. The van der Waals surface area contributed by atoms with Crippen molar-refractivity contribution in [3.8, 4) is 17.0 Å². The van der Waals surface area contributed by atoms with Gasteiger partial charge in [0.1, 0.15) is 22.6 Å². The number of carbonyl (C=O) groups is 2. The van der Waals surface area contributed by atoms with Crippen molar-refractivity contribution in [1.82, 2.24) is 30.2 Å². The lowest BCUT2D eigenvalue weighted by atomic mass is 9.96. The van der Waals surface area contributed by atoms with Crippen LogP contribution in [-0.2, 0) is 41.3 Å². The van der Waals surface area contributed by atoms with Crippen molar-refractivity contribution in [3.05, 3.63) is 51.2 Å². The standard InChI is InChI=1S/C26H33F3N4O3.C19H29ClN4O2/c1-25(2,3)36-24(35)33-13-7-8-17(15-33)30-23-19-10-6-4-5-9-18(19)22(31-32-23)20-12-11-16(14-21(20)34)26(27,28)29;1-19(2,3)26-18(25)24-11-7-8-13(12-24)21-17-15-10-6-4-5-9-14(15)16(20)22-23-17/h11-12,14,17,34H,4-10,13,15H2,1-3H3,(H,30,32);13H,4-12H2,1-3H3,(H,21,23)/t17-;13-/m11/s1. The van der Waals surface area contributed by atoms with Gasteiger partial charge in [-0.25, -0.2) is 9.59 Å². The fourth-order valence-electron chi connectivity index (χ4n) is 8.53. The molecule has 2 aliphatic carbocycles. The van der Waals surface area contributed by atoms with Crippen molar-refractivity contribution < 1.29 is 37.3 Å². The molecular formula is C45H62ClF3N8O5. The fraction of sp³-hybridized carbons (Fsp3) is 0.644. The number of ether oxygens (including phenoxy) is 2. The van der Waals surface area contributed by atoms with Crippen LogP contribution in [0.4, 0.5) is 34.4 Å². The number of alkyl halides is 3. The van der Waals surface area contributed by atoms with Crippen LogP contribution in [0.15, 0.2) is 18.2 Å². The smallest absolute Gasteiger partial charge is 0.416 e. The number of likely N-dealkylation sites (tertiary alicyclic amines) is 2. The van der Waals surface area contributed by atoms with Gasteiger partial charge in [0.15, 0.2) is 16.8 Å². The molecule has 340 valence electrons. The van der Waals surface area contributed by atoms with E-state index in [0.717, 1.165) is 118 Å². The molecule has 0 unspecified atom stereocenters. The Labute approximate surface area is 367 Å². The maximum Gasteiger partial charge on any atom is 0.416 e. The molecular weight excluding hydrogens is 825 g/mol. The second-order valence-electron chi connectivity index (χ2n) is 18.8. The second kappa shape index (κ2) is 19.8. The first kappa shape index (κ1) is 46.9. The zero-order valence-corrected chi connectivity index (χ0v) is 37.6. The number of nitrogens with one attached hydrogen (secondary N) is 2. The number of carbonyl (C=O) groups excluding carboxylic acids is 2. The van der Waals surface area contributed by atoms with Crippen LogP contribution in [0.5, 0.6) is 5.75 Å². The predicted octanol–water partition coefficient (Wildman–Crippen LogP) is 10.2. The number of aromatic hydroxyl groups is 1. The van der Waals surface area contributed by atoms with Crippen molar-refractivity contribution in [2.75, 3.05) is 36.8 Å². The molecule has 2 atom stereocenters. The van der Waals surface area contributed by atoms with Gasteiger partial charge >= 0.3 is 18.4 Å². The topological polar surface area (TPSA) is 155 Å². The summed E-state index contributed by atoms with van der Waals surface area (Å²) in [7, 11) is 0. The van der Waals surface area contributed by atoms with E-state index >= 15 is 0 Å². The molecule has 1 aromatic carbocycles. The molecule has 3 N–H and O–H groups in total. The maximum atomic E-state index is 13.1. The number of halogens is 4. The van der Waals surface area contributed by atoms with Crippen LogP contribution in [0.1, 0.15) is 134 Å². The Kier molecular flexibility index (Phi) is 15.0. The van der Waals surface area contributed by atoms with Crippen molar-refractivity contribution in [2.24, 2.45) is 0 Å². The Hall–Kier alpha value is -4.60. The summed E-state index contributed by atoms with van der Waals surface area (Å²) in [5, 5.41) is 35.2. The first-order valence-electron chi connectivity index (χ1n) is 22.1. The third-order valence-electron chi connectivity index (χ3n) is 11.4. The van der Waals surface area contributed by atoms with Gasteiger partial charge in [-0.3, -0.25) is 0 Å². The lowest BCUT2D eigenvalue weighted by Gasteiger charge is -2.35. The second-order valence-corrected chi connectivity index (χ2v) is 19.2. The first-order valence-corrected chi connectivity index (χ1v) is 22.5.